The molecular formula is C19H33IN4O3. The Morgan fingerprint density at radius 1 is 1.15 bits per heavy atom. The molecule has 0 spiro atoms. The lowest BCUT2D eigenvalue weighted by Crippen LogP contribution is -2.41. The maximum Gasteiger partial charge on any atom is 0.191 e. The molecule has 1 aromatic rings. The summed E-state index contributed by atoms with van der Waals surface area (Å²) in [6.45, 7) is 9.17. The first-order chi connectivity index (χ1) is 12.9. The molecule has 0 aliphatic carbocycles. The highest BCUT2D eigenvalue weighted by atomic mass is 127. The lowest BCUT2D eigenvalue weighted by Gasteiger charge is -2.26. The van der Waals surface area contributed by atoms with Crippen molar-refractivity contribution in [2.45, 2.75) is 19.3 Å². The number of hydrogen-bond acceptors (Lipinski definition) is 5. The second kappa shape index (κ2) is 13.4. The predicted octanol–water partition coefficient (Wildman–Crippen LogP) is 1.73. The zero-order valence-electron chi connectivity index (χ0n) is 16.0. The van der Waals surface area contributed by atoms with Crippen molar-refractivity contribution >= 4 is 29.9 Å². The summed E-state index contributed by atoms with van der Waals surface area (Å²) >= 11 is 0. The van der Waals surface area contributed by atoms with E-state index in [4.69, 9.17) is 18.9 Å². The molecule has 0 bridgehead atoms. The van der Waals surface area contributed by atoms with Crippen LogP contribution in [0.15, 0.2) is 27.8 Å². The van der Waals surface area contributed by atoms with Crippen molar-refractivity contribution in [2.75, 3.05) is 65.7 Å². The Morgan fingerprint density at radius 2 is 2.00 bits per heavy atom. The van der Waals surface area contributed by atoms with Gasteiger partial charge in [-0.05, 0) is 31.5 Å². The Balaban J connectivity index is 0.00000261. The molecular weight excluding hydrogens is 459 g/mol. The molecule has 3 heterocycles. The van der Waals surface area contributed by atoms with Gasteiger partial charge in [0.05, 0.1) is 26.1 Å². The van der Waals surface area contributed by atoms with Gasteiger partial charge in [-0.2, -0.15) is 0 Å². The SMILES string of the molecule is I.c1coc(CCNC(=NCC2CCOC2)NCCCN2CCOCC2)c1. The number of hydrogen-bond donors (Lipinski definition) is 2. The van der Waals surface area contributed by atoms with Gasteiger partial charge in [-0.3, -0.25) is 9.89 Å². The van der Waals surface area contributed by atoms with E-state index in [0.717, 1.165) is 96.7 Å². The van der Waals surface area contributed by atoms with Gasteiger partial charge in [0.1, 0.15) is 5.76 Å². The first-order valence-corrected chi connectivity index (χ1v) is 9.82. The van der Waals surface area contributed by atoms with Crippen LogP contribution in [0.3, 0.4) is 0 Å². The van der Waals surface area contributed by atoms with E-state index in [1.54, 1.807) is 6.26 Å². The molecule has 1 aromatic heterocycles. The molecule has 2 aliphatic rings. The van der Waals surface area contributed by atoms with Crippen LogP contribution in [0, 0.1) is 5.92 Å². The largest absolute Gasteiger partial charge is 0.469 e. The molecule has 2 saturated heterocycles. The van der Waals surface area contributed by atoms with Crippen LogP contribution in [0.4, 0.5) is 0 Å². The van der Waals surface area contributed by atoms with Gasteiger partial charge in [-0.25, -0.2) is 0 Å². The zero-order valence-corrected chi connectivity index (χ0v) is 18.4. The van der Waals surface area contributed by atoms with Gasteiger partial charge in [0.15, 0.2) is 5.96 Å². The third-order valence-corrected chi connectivity index (χ3v) is 4.82. The molecule has 2 N–H and O–H groups in total. The van der Waals surface area contributed by atoms with Crippen molar-refractivity contribution in [1.29, 1.82) is 0 Å². The maximum atomic E-state index is 5.45. The van der Waals surface area contributed by atoms with Crippen molar-refractivity contribution in [3.8, 4) is 0 Å². The third-order valence-electron chi connectivity index (χ3n) is 4.82. The molecule has 3 rings (SSSR count). The molecule has 2 aliphatic heterocycles. The Bertz CT molecular complexity index is 515. The average molecular weight is 492 g/mol. The fourth-order valence-corrected chi connectivity index (χ4v) is 3.22. The molecule has 0 aromatic carbocycles. The van der Waals surface area contributed by atoms with Gasteiger partial charge in [-0.1, -0.05) is 0 Å². The summed E-state index contributed by atoms with van der Waals surface area (Å²) in [5.74, 6) is 2.44. The molecule has 27 heavy (non-hydrogen) atoms. The minimum atomic E-state index is 0. The number of aliphatic imine (C=N–C) groups is 1. The molecule has 154 valence electrons. The average Bonchev–Trinajstić information content (AvgIpc) is 3.37. The second-order valence-electron chi connectivity index (χ2n) is 6.91. The molecule has 0 saturated carbocycles. The minimum Gasteiger partial charge on any atom is -0.469 e. The van der Waals surface area contributed by atoms with Gasteiger partial charge in [-0.15, -0.1) is 24.0 Å². The highest BCUT2D eigenvalue weighted by Gasteiger charge is 2.15. The van der Waals surface area contributed by atoms with Gasteiger partial charge in [0, 0.05) is 51.7 Å². The number of nitrogens with one attached hydrogen (secondary N) is 2. The number of guanidine groups is 1. The summed E-state index contributed by atoms with van der Waals surface area (Å²) < 4.78 is 16.2. The van der Waals surface area contributed by atoms with Crippen LogP contribution >= 0.6 is 24.0 Å². The standard InChI is InChI=1S/C19H32N4O3.HI/c1-3-18(26-11-1)4-7-21-19(22-15-17-5-12-25-16-17)20-6-2-8-23-9-13-24-14-10-23;/h1,3,11,17H,2,4-10,12-16H2,(H2,20,21,22);1H. The number of ether oxygens (including phenoxy) is 2. The zero-order chi connectivity index (χ0) is 17.9. The minimum absolute atomic E-state index is 0. The number of morpholine rings is 1. The van der Waals surface area contributed by atoms with E-state index >= 15 is 0 Å². The fourth-order valence-electron chi connectivity index (χ4n) is 3.22. The second-order valence-corrected chi connectivity index (χ2v) is 6.91. The summed E-state index contributed by atoms with van der Waals surface area (Å²) in [4.78, 5) is 7.22. The number of nitrogens with zero attached hydrogens (tertiary/aromatic N) is 2. The van der Waals surface area contributed by atoms with Crippen LogP contribution in [0.5, 0.6) is 0 Å². The van der Waals surface area contributed by atoms with Gasteiger partial charge < -0.3 is 24.5 Å². The quantitative estimate of drug-likeness (QED) is 0.237. The smallest absolute Gasteiger partial charge is 0.191 e. The Morgan fingerprint density at radius 3 is 2.74 bits per heavy atom. The van der Waals surface area contributed by atoms with Crippen LogP contribution in [0.2, 0.25) is 0 Å². The molecule has 0 radical (unpaired) electrons. The normalized spacial score (nSPS) is 21.0. The topological polar surface area (TPSA) is 71.3 Å². The van der Waals surface area contributed by atoms with Gasteiger partial charge >= 0.3 is 0 Å². The van der Waals surface area contributed by atoms with E-state index in [1.807, 2.05) is 12.1 Å². The van der Waals surface area contributed by atoms with Crippen LogP contribution in [-0.4, -0.2) is 76.6 Å². The summed E-state index contributed by atoms with van der Waals surface area (Å²) in [6, 6.07) is 3.93. The monoisotopic (exact) mass is 492 g/mol. The first-order valence-electron chi connectivity index (χ1n) is 9.82. The third kappa shape index (κ3) is 8.80. The summed E-state index contributed by atoms with van der Waals surface area (Å²) in [5, 5.41) is 6.90. The van der Waals surface area contributed by atoms with E-state index in [0.29, 0.717) is 5.92 Å². The summed E-state index contributed by atoms with van der Waals surface area (Å²) in [6.07, 6.45) is 4.79. The van der Waals surface area contributed by atoms with E-state index in [9.17, 15) is 0 Å². The van der Waals surface area contributed by atoms with Crippen LogP contribution in [0.25, 0.3) is 0 Å². The van der Waals surface area contributed by atoms with Crippen molar-refractivity contribution in [1.82, 2.24) is 15.5 Å². The number of halogens is 1. The Hall–Kier alpha value is -0.840. The van der Waals surface area contributed by atoms with Crippen molar-refractivity contribution < 1.29 is 13.9 Å². The van der Waals surface area contributed by atoms with E-state index in [1.165, 1.54) is 0 Å². The van der Waals surface area contributed by atoms with E-state index < -0.39 is 0 Å². The van der Waals surface area contributed by atoms with E-state index in [2.05, 4.69) is 15.5 Å². The highest BCUT2D eigenvalue weighted by Crippen LogP contribution is 2.12. The van der Waals surface area contributed by atoms with Crippen LogP contribution in [0.1, 0.15) is 18.6 Å². The van der Waals surface area contributed by atoms with Crippen LogP contribution in [-0.2, 0) is 15.9 Å². The summed E-state index contributed by atoms with van der Waals surface area (Å²) in [7, 11) is 0. The lowest BCUT2D eigenvalue weighted by molar-refractivity contribution is 0.0376. The molecule has 0 amide bonds. The molecule has 2 fully saturated rings. The lowest BCUT2D eigenvalue weighted by atomic mass is 10.1. The Labute approximate surface area is 179 Å². The molecule has 7 nitrogen and oxygen atoms in total. The van der Waals surface area contributed by atoms with Crippen molar-refractivity contribution in [3.05, 3.63) is 24.2 Å². The van der Waals surface area contributed by atoms with Gasteiger partial charge in [0.25, 0.3) is 0 Å². The number of furan rings is 1. The molecule has 1 unspecified atom stereocenters. The predicted molar refractivity (Wildman–Crippen MR) is 117 cm³/mol. The molecule has 1 atom stereocenters. The van der Waals surface area contributed by atoms with Gasteiger partial charge in [0.2, 0.25) is 0 Å². The maximum absolute atomic E-state index is 5.45. The Kier molecular flexibility index (Phi) is 11.1. The van der Waals surface area contributed by atoms with Crippen LogP contribution < -0.4 is 10.6 Å². The first kappa shape index (κ1) is 22.4. The molecule has 8 heteroatoms. The number of rotatable bonds is 9. The summed E-state index contributed by atoms with van der Waals surface area (Å²) in [5.41, 5.74) is 0. The van der Waals surface area contributed by atoms with E-state index in [-0.39, 0.29) is 24.0 Å². The van der Waals surface area contributed by atoms with Crippen molar-refractivity contribution in [3.63, 3.8) is 0 Å². The highest BCUT2D eigenvalue weighted by molar-refractivity contribution is 14.0. The van der Waals surface area contributed by atoms with Crippen molar-refractivity contribution in [2.24, 2.45) is 10.9 Å². The fraction of sp³-hybridized carbons (Fsp3) is 0.737.